The molecule has 0 aliphatic carbocycles. The molecular weight excluding hydrogens is 406 g/mol. The Morgan fingerprint density at radius 1 is 0.903 bits per heavy atom. The Hall–Kier alpha value is -3.19. The molecule has 1 aliphatic rings. The van der Waals surface area contributed by atoms with Gasteiger partial charge in [-0.3, -0.25) is 0 Å². The second kappa shape index (κ2) is 8.51. The molecule has 0 spiro atoms. The summed E-state index contributed by atoms with van der Waals surface area (Å²) < 4.78 is 6.50. The summed E-state index contributed by atoms with van der Waals surface area (Å²) in [6, 6.07) is 18.6. The lowest BCUT2D eigenvalue weighted by Gasteiger charge is -2.35. The summed E-state index contributed by atoms with van der Waals surface area (Å²) in [6.07, 6.45) is 1.06. The van der Waals surface area contributed by atoms with Crippen LogP contribution in [-0.2, 0) is 6.42 Å². The smallest absolute Gasteiger partial charge is 0.186 e. The van der Waals surface area contributed by atoms with Gasteiger partial charge in [-0.25, -0.2) is 4.98 Å². The van der Waals surface area contributed by atoms with Crippen molar-refractivity contribution in [2.45, 2.75) is 13.3 Å². The van der Waals surface area contributed by atoms with E-state index in [9.17, 15) is 0 Å². The second-order valence-corrected chi connectivity index (χ2v) is 8.64. The second-order valence-electron chi connectivity index (χ2n) is 7.63. The fourth-order valence-corrected chi connectivity index (χ4v) is 4.93. The molecule has 4 aromatic rings. The number of rotatable bonds is 5. The zero-order chi connectivity index (χ0) is 21.2. The van der Waals surface area contributed by atoms with Gasteiger partial charge >= 0.3 is 0 Å². The van der Waals surface area contributed by atoms with Crippen LogP contribution >= 0.6 is 11.3 Å². The molecule has 0 radical (unpaired) electrons. The fourth-order valence-electron chi connectivity index (χ4n) is 3.85. The number of methoxy groups -OCH3 is 1. The third-order valence-corrected chi connectivity index (χ3v) is 6.84. The molecule has 0 N–H and O–H groups in total. The van der Waals surface area contributed by atoms with Crippen molar-refractivity contribution in [1.82, 2.24) is 15.2 Å². The van der Waals surface area contributed by atoms with Gasteiger partial charge < -0.3 is 14.5 Å². The van der Waals surface area contributed by atoms with Gasteiger partial charge in [0.25, 0.3) is 0 Å². The molecule has 2 aromatic heterocycles. The number of anilines is 2. The highest BCUT2D eigenvalue weighted by molar-refractivity contribution is 7.22. The number of benzene rings is 2. The van der Waals surface area contributed by atoms with Crippen LogP contribution in [0.4, 0.5) is 10.9 Å². The van der Waals surface area contributed by atoms with Crippen LogP contribution in [0.2, 0.25) is 0 Å². The number of nitrogens with zero attached hydrogens (tertiary/aromatic N) is 5. The van der Waals surface area contributed by atoms with Crippen molar-refractivity contribution in [2.75, 3.05) is 43.1 Å². The molecule has 0 unspecified atom stereocenters. The van der Waals surface area contributed by atoms with Crippen LogP contribution in [0.3, 0.4) is 0 Å². The summed E-state index contributed by atoms with van der Waals surface area (Å²) >= 11 is 1.79. The number of piperazine rings is 1. The standard InChI is InChI=1S/C24H25N5OS/c1-3-17-4-9-21-22(16-17)31-24(25-21)29-14-12-28(13-15-29)23-11-10-20(26-27-23)18-5-7-19(30-2)8-6-18/h4-11,16H,3,12-15H2,1-2H3. The van der Waals surface area contributed by atoms with E-state index in [0.29, 0.717) is 0 Å². The van der Waals surface area contributed by atoms with Crippen molar-refractivity contribution in [3.63, 3.8) is 0 Å². The molecule has 1 saturated heterocycles. The number of ether oxygens (including phenoxy) is 1. The molecule has 31 heavy (non-hydrogen) atoms. The van der Waals surface area contributed by atoms with Crippen molar-refractivity contribution in [2.24, 2.45) is 0 Å². The van der Waals surface area contributed by atoms with Crippen molar-refractivity contribution in [1.29, 1.82) is 0 Å². The summed E-state index contributed by atoms with van der Waals surface area (Å²) in [7, 11) is 1.67. The lowest BCUT2D eigenvalue weighted by atomic mass is 10.1. The van der Waals surface area contributed by atoms with E-state index in [1.807, 2.05) is 30.3 Å². The molecule has 158 valence electrons. The number of hydrogen-bond donors (Lipinski definition) is 0. The topological polar surface area (TPSA) is 54.4 Å². The number of hydrogen-bond acceptors (Lipinski definition) is 7. The normalized spacial score (nSPS) is 14.3. The van der Waals surface area contributed by atoms with Crippen LogP contribution in [0.1, 0.15) is 12.5 Å². The fraction of sp³-hybridized carbons (Fsp3) is 0.292. The predicted molar refractivity (Wildman–Crippen MR) is 127 cm³/mol. The molecule has 2 aromatic carbocycles. The minimum Gasteiger partial charge on any atom is -0.497 e. The molecule has 6 nitrogen and oxygen atoms in total. The third kappa shape index (κ3) is 4.05. The van der Waals surface area contributed by atoms with Crippen LogP contribution < -0.4 is 14.5 Å². The Balaban J connectivity index is 1.25. The van der Waals surface area contributed by atoms with Crippen molar-refractivity contribution < 1.29 is 4.74 Å². The molecule has 3 heterocycles. The molecule has 1 aliphatic heterocycles. The number of aromatic nitrogens is 3. The lowest BCUT2D eigenvalue weighted by molar-refractivity contribution is 0.415. The summed E-state index contributed by atoms with van der Waals surface area (Å²) in [5.41, 5.74) is 4.36. The first-order chi connectivity index (χ1) is 15.2. The number of fused-ring (bicyclic) bond motifs is 1. The zero-order valence-electron chi connectivity index (χ0n) is 17.8. The van der Waals surface area contributed by atoms with E-state index < -0.39 is 0 Å². The highest BCUT2D eigenvalue weighted by Gasteiger charge is 2.21. The first kappa shape index (κ1) is 19.8. The van der Waals surface area contributed by atoms with E-state index in [2.05, 4.69) is 51.2 Å². The molecule has 7 heteroatoms. The highest BCUT2D eigenvalue weighted by Crippen LogP contribution is 2.31. The maximum absolute atomic E-state index is 5.22. The van der Waals surface area contributed by atoms with E-state index in [0.717, 1.165) is 66.1 Å². The maximum Gasteiger partial charge on any atom is 0.186 e. The van der Waals surface area contributed by atoms with Gasteiger partial charge in [-0.1, -0.05) is 24.3 Å². The molecule has 0 bridgehead atoms. The quantitative estimate of drug-likeness (QED) is 0.458. The maximum atomic E-state index is 5.22. The van der Waals surface area contributed by atoms with E-state index in [4.69, 9.17) is 9.72 Å². The van der Waals surface area contributed by atoms with E-state index >= 15 is 0 Å². The van der Waals surface area contributed by atoms with Gasteiger partial charge in [-0.15, -0.1) is 10.2 Å². The Morgan fingerprint density at radius 2 is 1.68 bits per heavy atom. The van der Waals surface area contributed by atoms with Crippen LogP contribution in [0.25, 0.3) is 21.5 Å². The van der Waals surface area contributed by atoms with Crippen LogP contribution in [0.5, 0.6) is 5.75 Å². The molecule has 0 amide bonds. The van der Waals surface area contributed by atoms with Gasteiger partial charge in [-0.2, -0.15) is 0 Å². The van der Waals surface area contributed by atoms with E-state index in [-0.39, 0.29) is 0 Å². The minimum atomic E-state index is 0.838. The van der Waals surface area contributed by atoms with Crippen molar-refractivity contribution in [3.05, 3.63) is 60.2 Å². The predicted octanol–water partition coefficient (Wildman–Crippen LogP) is 4.65. The Morgan fingerprint density at radius 3 is 2.35 bits per heavy atom. The lowest BCUT2D eigenvalue weighted by Crippen LogP contribution is -2.46. The number of aryl methyl sites for hydroxylation is 1. The molecule has 0 atom stereocenters. The van der Waals surface area contributed by atoms with E-state index in [1.165, 1.54) is 10.3 Å². The SMILES string of the molecule is CCc1ccc2nc(N3CCN(c4ccc(-c5ccc(OC)cc5)nn4)CC3)sc2c1. The average Bonchev–Trinajstić information content (AvgIpc) is 3.28. The molecule has 0 saturated carbocycles. The molecule has 1 fully saturated rings. The molecule has 5 rings (SSSR count). The minimum absolute atomic E-state index is 0.838. The highest BCUT2D eigenvalue weighted by atomic mass is 32.1. The van der Waals surface area contributed by atoms with Gasteiger partial charge in [0.2, 0.25) is 0 Å². The Bertz CT molecular complexity index is 1170. The Kier molecular flexibility index (Phi) is 5.42. The van der Waals surface area contributed by atoms with E-state index in [1.54, 1.807) is 18.4 Å². The van der Waals surface area contributed by atoms with Gasteiger partial charge in [0, 0.05) is 31.7 Å². The van der Waals surface area contributed by atoms with Crippen molar-refractivity contribution >= 4 is 32.5 Å². The first-order valence-electron chi connectivity index (χ1n) is 10.6. The van der Waals surface area contributed by atoms with Crippen LogP contribution in [0.15, 0.2) is 54.6 Å². The van der Waals surface area contributed by atoms with Crippen molar-refractivity contribution in [3.8, 4) is 17.0 Å². The largest absolute Gasteiger partial charge is 0.497 e. The van der Waals surface area contributed by atoms with Crippen LogP contribution in [-0.4, -0.2) is 48.5 Å². The summed E-state index contributed by atoms with van der Waals surface area (Å²) in [4.78, 5) is 9.53. The van der Waals surface area contributed by atoms with Gasteiger partial charge in [0.1, 0.15) is 5.75 Å². The monoisotopic (exact) mass is 431 g/mol. The summed E-state index contributed by atoms with van der Waals surface area (Å²) in [5, 5.41) is 10.0. The number of thiazole rings is 1. The van der Waals surface area contributed by atoms with Crippen LogP contribution in [0, 0.1) is 0 Å². The Labute approximate surface area is 186 Å². The van der Waals surface area contributed by atoms with Gasteiger partial charge in [0.05, 0.1) is 23.0 Å². The molecular formula is C24H25N5OS. The third-order valence-electron chi connectivity index (χ3n) is 5.76. The van der Waals surface area contributed by atoms with Gasteiger partial charge in [-0.05, 0) is 60.5 Å². The average molecular weight is 432 g/mol. The summed E-state index contributed by atoms with van der Waals surface area (Å²) in [5.74, 6) is 1.76. The zero-order valence-corrected chi connectivity index (χ0v) is 18.6. The van der Waals surface area contributed by atoms with Gasteiger partial charge in [0.15, 0.2) is 10.9 Å². The summed E-state index contributed by atoms with van der Waals surface area (Å²) in [6.45, 7) is 5.87. The first-order valence-corrected chi connectivity index (χ1v) is 11.4.